The van der Waals surface area contributed by atoms with E-state index >= 15 is 0 Å². The molecule has 1 saturated carbocycles. The normalized spacial score (nSPS) is 19.5. The van der Waals surface area contributed by atoms with E-state index in [1.165, 1.54) is 67.2 Å². The molecule has 1 fully saturated rings. The van der Waals surface area contributed by atoms with Crippen LogP contribution in [0.4, 0.5) is 0 Å². The van der Waals surface area contributed by atoms with Crippen LogP contribution in [0.25, 0.3) is 22.3 Å². The fraction of sp³-hybridized carbons (Fsp3) is 0.357. The van der Waals surface area contributed by atoms with Gasteiger partial charge in [-0.3, -0.25) is 0 Å². The van der Waals surface area contributed by atoms with Crippen LogP contribution in [0.5, 0.6) is 0 Å². The molecule has 144 valence electrons. The quantitative estimate of drug-likeness (QED) is 0.409. The van der Waals surface area contributed by atoms with E-state index in [9.17, 15) is 0 Å². The van der Waals surface area contributed by atoms with E-state index in [1.807, 2.05) is 0 Å². The van der Waals surface area contributed by atoms with E-state index in [0.717, 1.165) is 11.8 Å². The van der Waals surface area contributed by atoms with Crippen molar-refractivity contribution in [1.82, 2.24) is 0 Å². The summed E-state index contributed by atoms with van der Waals surface area (Å²) in [4.78, 5) is 0. The van der Waals surface area contributed by atoms with Gasteiger partial charge in [-0.1, -0.05) is 105 Å². The minimum atomic E-state index is 0.725. The number of rotatable bonds is 6. The maximum Gasteiger partial charge on any atom is -0.0149 e. The standard InChI is InChI=1S/C28H32/c1-2-3-9-22-14-16-25(17-15-22)27-12-7-8-13-28(27)26-20-18-24(19-21-26)23-10-5-4-6-11-23/h4-8,10-13,18-22,25H,2-3,9,14-17H2,1H3. The average Bonchev–Trinajstić information content (AvgIpc) is 2.79. The molecule has 0 heteroatoms. The highest BCUT2D eigenvalue weighted by Gasteiger charge is 2.23. The van der Waals surface area contributed by atoms with E-state index in [1.54, 1.807) is 5.56 Å². The first-order chi connectivity index (χ1) is 13.8. The smallest absolute Gasteiger partial charge is 0.0149 e. The Kier molecular flexibility index (Phi) is 6.27. The number of benzene rings is 3. The Morgan fingerprint density at radius 1 is 0.643 bits per heavy atom. The summed E-state index contributed by atoms with van der Waals surface area (Å²) in [5.74, 6) is 1.69. The third-order valence-electron chi connectivity index (χ3n) is 6.52. The first-order valence-corrected chi connectivity index (χ1v) is 11.1. The minimum Gasteiger partial charge on any atom is -0.0654 e. The fourth-order valence-electron chi connectivity index (χ4n) is 4.84. The van der Waals surface area contributed by atoms with Gasteiger partial charge in [-0.15, -0.1) is 0 Å². The van der Waals surface area contributed by atoms with Crippen molar-refractivity contribution >= 4 is 0 Å². The second-order valence-electron chi connectivity index (χ2n) is 8.39. The van der Waals surface area contributed by atoms with Crippen LogP contribution < -0.4 is 0 Å². The van der Waals surface area contributed by atoms with E-state index < -0.39 is 0 Å². The highest BCUT2D eigenvalue weighted by Crippen LogP contribution is 2.41. The van der Waals surface area contributed by atoms with Crippen molar-refractivity contribution in [2.75, 3.05) is 0 Å². The first-order valence-electron chi connectivity index (χ1n) is 11.1. The van der Waals surface area contributed by atoms with Gasteiger partial charge in [0.1, 0.15) is 0 Å². The Balaban J connectivity index is 1.52. The summed E-state index contributed by atoms with van der Waals surface area (Å²) in [6.45, 7) is 2.31. The Bertz CT molecular complexity index is 852. The van der Waals surface area contributed by atoms with Crippen LogP contribution in [0, 0.1) is 5.92 Å². The summed E-state index contributed by atoms with van der Waals surface area (Å²) in [7, 11) is 0. The summed E-state index contributed by atoms with van der Waals surface area (Å²) in [5.41, 5.74) is 6.91. The molecule has 0 atom stereocenters. The molecule has 1 aliphatic carbocycles. The minimum absolute atomic E-state index is 0.725. The molecule has 0 radical (unpaired) electrons. The molecule has 0 saturated heterocycles. The van der Waals surface area contributed by atoms with Crippen LogP contribution in [-0.2, 0) is 0 Å². The van der Waals surface area contributed by atoms with Crippen molar-refractivity contribution in [3.05, 3.63) is 84.4 Å². The van der Waals surface area contributed by atoms with Crippen molar-refractivity contribution in [3.63, 3.8) is 0 Å². The van der Waals surface area contributed by atoms with Gasteiger partial charge in [0, 0.05) is 0 Å². The molecule has 0 aromatic heterocycles. The Hall–Kier alpha value is -2.34. The number of hydrogen-bond donors (Lipinski definition) is 0. The summed E-state index contributed by atoms with van der Waals surface area (Å²) < 4.78 is 0. The summed E-state index contributed by atoms with van der Waals surface area (Å²) >= 11 is 0. The zero-order valence-electron chi connectivity index (χ0n) is 17.1. The molecule has 28 heavy (non-hydrogen) atoms. The fourth-order valence-corrected chi connectivity index (χ4v) is 4.84. The zero-order valence-corrected chi connectivity index (χ0v) is 17.1. The number of hydrogen-bond acceptors (Lipinski definition) is 0. The van der Waals surface area contributed by atoms with Gasteiger partial charge >= 0.3 is 0 Å². The Morgan fingerprint density at radius 2 is 1.25 bits per heavy atom. The SMILES string of the molecule is CCCCC1CCC(c2ccccc2-c2ccc(-c3ccccc3)cc2)CC1. The van der Waals surface area contributed by atoms with E-state index in [-0.39, 0.29) is 0 Å². The lowest BCUT2D eigenvalue weighted by atomic mass is 9.75. The van der Waals surface area contributed by atoms with Gasteiger partial charge in [-0.25, -0.2) is 0 Å². The predicted octanol–water partition coefficient (Wildman–Crippen LogP) is 8.48. The van der Waals surface area contributed by atoms with Gasteiger partial charge < -0.3 is 0 Å². The molecule has 0 aliphatic heterocycles. The highest BCUT2D eigenvalue weighted by atomic mass is 14.3. The third kappa shape index (κ3) is 4.38. The number of unbranched alkanes of at least 4 members (excludes halogenated alkanes) is 1. The molecule has 3 aromatic rings. The van der Waals surface area contributed by atoms with Crippen LogP contribution in [0.15, 0.2) is 78.9 Å². The van der Waals surface area contributed by atoms with Crippen LogP contribution in [0.3, 0.4) is 0 Å². The second-order valence-corrected chi connectivity index (χ2v) is 8.39. The molecule has 0 amide bonds. The Morgan fingerprint density at radius 3 is 1.96 bits per heavy atom. The maximum absolute atomic E-state index is 2.37. The molecule has 3 aromatic carbocycles. The van der Waals surface area contributed by atoms with Crippen molar-refractivity contribution in [1.29, 1.82) is 0 Å². The second kappa shape index (κ2) is 9.24. The zero-order chi connectivity index (χ0) is 19.2. The van der Waals surface area contributed by atoms with Crippen LogP contribution in [-0.4, -0.2) is 0 Å². The molecule has 1 aliphatic rings. The van der Waals surface area contributed by atoms with Crippen LogP contribution in [0.2, 0.25) is 0 Å². The van der Waals surface area contributed by atoms with Crippen LogP contribution >= 0.6 is 0 Å². The van der Waals surface area contributed by atoms with Crippen LogP contribution in [0.1, 0.15) is 63.4 Å². The monoisotopic (exact) mass is 368 g/mol. The predicted molar refractivity (Wildman–Crippen MR) is 122 cm³/mol. The molecular formula is C28H32. The molecular weight excluding hydrogens is 336 g/mol. The molecule has 0 nitrogen and oxygen atoms in total. The van der Waals surface area contributed by atoms with Gasteiger partial charge in [0.15, 0.2) is 0 Å². The molecule has 0 spiro atoms. The lowest BCUT2D eigenvalue weighted by molar-refractivity contribution is 0.304. The van der Waals surface area contributed by atoms with E-state index in [0.29, 0.717) is 0 Å². The maximum atomic E-state index is 2.37. The largest absolute Gasteiger partial charge is 0.0654 e. The molecule has 0 unspecified atom stereocenters. The van der Waals surface area contributed by atoms with Gasteiger partial charge in [0.25, 0.3) is 0 Å². The molecule has 4 rings (SSSR count). The van der Waals surface area contributed by atoms with Gasteiger partial charge in [-0.05, 0) is 65.3 Å². The molecule has 0 heterocycles. The van der Waals surface area contributed by atoms with Crippen molar-refractivity contribution in [2.24, 2.45) is 5.92 Å². The average molecular weight is 369 g/mol. The van der Waals surface area contributed by atoms with Crippen molar-refractivity contribution in [2.45, 2.75) is 57.8 Å². The lowest BCUT2D eigenvalue weighted by Gasteiger charge is -2.30. The topological polar surface area (TPSA) is 0 Å². The van der Waals surface area contributed by atoms with Crippen molar-refractivity contribution < 1.29 is 0 Å². The molecule has 0 N–H and O–H groups in total. The first kappa shape index (κ1) is 19.0. The summed E-state index contributed by atoms with van der Waals surface area (Å²) in [5, 5.41) is 0. The van der Waals surface area contributed by atoms with Gasteiger partial charge in [-0.2, -0.15) is 0 Å². The third-order valence-corrected chi connectivity index (χ3v) is 6.52. The highest BCUT2D eigenvalue weighted by molar-refractivity contribution is 5.72. The lowest BCUT2D eigenvalue weighted by Crippen LogP contribution is -2.14. The van der Waals surface area contributed by atoms with Gasteiger partial charge in [0.05, 0.1) is 0 Å². The summed E-state index contributed by atoms with van der Waals surface area (Å²) in [6.07, 6.45) is 9.70. The summed E-state index contributed by atoms with van der Waals surface area (Å²) in [6, 6.07) is 28.9. The van der Waals surface area contributed by atoms with Gasteiger partial charge in [0.2, 0.25) is 0 Å². The van der Waals surface area contributed by atoms with E-state index in [4.69, 9.17) is 0 Å². The Labute approximate surface area is 170 Å². The van der Waals surface area contributed by atoms with E-state index in [2.05, 4.69) is 85.8 Å². The van der Waals surface area contributed by atoms with Crippen molar-refractivity contribution in [3.8, 4) is 22.3 Å². The molecule has 0 bridgehead atoms.